The average molecular weight is 306 g/mol. The van der Waals surface area contributed by atoms with Gasteiger partial charge in [0.15, 0.2) is 0 Å². The van der Waals surface area contributed by atoms with Crippen LogP contribution in [0.1, 0.15) is 22.9 Å². The van der Waals surface area contributed by atoms with E-state index in [2.05, 4.69) is 4.98 Å². The lowest BCUT2D eigenvalue weighted by atomic mass is 10.0. The summed E-state index contributed by atoms with van der Waals surface area (Å²) in [5.41, 5.74) is 2.58. The summed E-state index contributed by atoms with van der Waals surface area (Å²) in [6, 6.07) is 9.09. The van der Waals surface area contributed by atoms with Gasteiger partial charge in [-0.15, -0.1) is 0 Å². The molecule has 0 saturated heterocycles. The average Bonchev–Trinajstić information content (AvgIpc) is 2.95. The molecule has 110 valence electrons. The third kappa shape index (κ3) is 2.96. The van der Waals surface area contributed by atoms with Gasteiger partial charge in [0, 0.05) is 23.9 Å². The fourth-order valence-electron chi connectivity index (χ4n) is 2.54. The van der Waals surface area contributed by atoms with Gasteiger partial charge in [-0.2, -0.15) is 0 Å². The number of rotatable bonds is 4. The van der Waals surface area contributed by atoms with Crippen molar-refractivity contribution in [3.05, 3.63) is 52.2 Å². The first-order valence-electron chi connectivity index (χ1n) is 6.80. The number of aliphatic hydroxyl groups is 1. The second-order valence-electron chi connectivity index (χ2n) is 4.98. The van der Waals surface area contributed by atoms with E-state index >= 15 is 0 Å². The molecule has 1 N–H and O–H groups in total. The lowest BCUT2D eigenvalue weighted by Gasteiger charge is -2.14. The molecule has 0 spiro atoms. The molecule has 5 heteroatoms. The number of hydrogen-bond donors (Lipinski definition) is 1. The van der Waals surface area contributed by atoms with Gasteiger partial charge in [-0.25, -0.2) is 4.98 Å². The molecular formula is C16H16ClNO3. The van der Waals surface area contributed by atoms with Crippen LogP contribution >= 0.6 is 11.6 Å². The van der Waals surface area contributed by atoms with Crippen molar-refractivity contribution in [1.29, 1.82) is 0 Å². The van der Waals surface area contributed by atoms with Crippen molar-refractivity contribution < 1.29 is 14.6 Å². The zero-order valence-corrected chi connectivity index (χ0v) is 12.4. The Kier molecular flexibility index (Phi) is 3.99. The lowest BCUT2D eigenvalue weighted by Crippen LogP contribution is -2.06. The number of aromatic nitrogens is 1. The van der Waals surface area contributed by atoms with Gasteiger partial charge in [0.1, 0.15) is 11.9 Å². The first-order valence-corrected chi connectivity index (χ1v) is 7.18. The summed E-state index contributed by atoms with van der Waals surface area (Å²) in [7, 11) is 1.55. The number of ether oxygens (including phenoxy) is 2. The van der Waals surface area contributed by atoms with Gasteiger partial charge in [-0.1, -0.05) is 17.7 Å². The van der Waals surface area contributed by atoms with Crippen LogP contribution in [0.3, 0.4) is 0 Å². The molecule has 1 aromatic heterocycles. The minimum atomic E-state index is -0.730. The van der Waals surface area contributed by atoms with E-state index in [9.17, 15) is 5.11 Å². The van der Waals surface area contributed by atoms with E-state index in [4.69, 9.17) is 21.1 Å². The number of nitrogens with zero attached hydrogens (tertiary/aromatic N) is 1. The van der Waals surface area contributed by atoms with Crippen LogP contribution in [0.15, 0.2) is 30.3 Å². The van der Waals surface area contributed by atoms with Crippen LogP contribution in [0.2, 0.25) is 5.02 Å². The Hall–Kier alpha value is -1.78. The molecule has 1 aliphatic heterocycles. The number of hydrogen-bond acceptors (Lipinski definition) is 4. The molecule has 1 aliphatic rings. The highest BCUT2D eigenvalue weighted by Crippen LogP contribution is 2.35. The molecule has 0 radical (unpaired) electrons. The molecule has 0 bridgehead atoms. The van der Waals surface area contributed by atoms with Gasteiger partial charge in [0.25, 0.3) is 0 Å². The second-order valence-corrected chi connectivity index (χ2v) is 5.41. The Bertz CT molecular complexity index is 660. The molecule has 2 heterocycles. The van der Waals surface area contributed by atoms with Gasteiger partial charge in [-0.05, 0) is 29.3 Å². The predicted molar refractivity (Wildman–Crippen MR) is 80.1 cm³/mol. The van der Waals surface area contributed by atoms with Crippen molar-refractivity contribution in [3.8, 4) is 11.6 Å². The van der Waals surface area contributed by atoms with E-state index in [0.29, 0.717) is 29.6 Å². The Morgan fingerprint density at radius 3 is 3.10 bits per heavy atom. The molecular weight excluding hydrogens is 290 g/mol. The quantitative estimate of drug-likeness (QED) is 0.943. The Morgan fingerprint density at radius 2 is 2.29 bits per heavy atom. The number of halogens is 1. The van der Waals surface area contributed by atoms with Crippen molar-refractivity contribution in [2.45, 2.75) is 18.9 Å². The maximum absolute atomic E-state index is 10.4. The summed E-state index contributed by atoms with van der Waals surface area (Å²) in [6.45, 7) is 0.663. The zero-order chi connectivity index (χ0) is 14.8. The molecule has 1 atom stereocenters. The van der Waals surface area contributed by atoms with E-state index in [0.717, 1.165) is 23.3 Å². The third-order valence-corrected chi connectivity index (χ3v) is 3.75. The predicted octanol–water partition coefficient (Wildman–Crippen LogP) is 2.95. The van der Waals surface area contributed by atoms with E-state index in [1.165, 1.54) is 0 Å². The largest absolute Gasteiger partial charge is 0.493 e. The van der Waals surface area contributed by atoms with Crippen molar-refractivity contribution in [1.82, 2.24) is 4.98 Å². The topological polar surface area (TPSA) is 51.6 Å². The number of fused-ring (bicyclic) bond motifs is 1. The van der Waals surface area contributed by atoms with E-state index in [1.54, 1.807) is 19.2 Å². The molecule has 2 aromatic rings. The van der Waals surface area contributed by atoms with Crippen LogP contribution in [-0.2, 0) is 12.8 Å². The Labute approximate surface area is 128 Å². The molecule has 3 rings (SSSR count). The second kappa shape index (κ2) is 5.92. The molecule has 1 aromatic carbocycles. The highest BCUT2D eigenvalue weighted by Gasteiger charge is 2.20. The van der Waals surface area contributed by atoms with Gasteiger partial charge in [-0.3, -0.25) is 0 Å². The number of pyridine rings is 1. The summed E-state index contributed by atoms with van der Waals surface area (Å²) in [6.07, 6.45) is 0.534. The van der Waals surface area contributed by atoms with Crippen LogP contribution < -0.4 is 9.47 Å². The SMILES string of the molecule is COc1cccc(C(O)Cc2cc(Cl)cc3c2OCC3)n1. The van der Waals surface area contributed by atoms with Crippen LogP contribution in [0, 0.1) is 0 Å². The standard InChI is InChI=1S/C16H16ClNO3/c1-20-15-4-2-3-13(18-15)14(19)9-11-8-12(17)7-10-5-6-21-16(10)11/h2-4,7-8,14,19H,5-6,9H2,1H3. The summed E-state index contributed by atoms with van der Waals surface area (Å²) in [5.74, 6) is 1.33. The number of aliphatic hydroxyl groups excluding tert-OH is 1. The fourth-order valence-corrected chi connectivity index (χ4v) is 2.80. The maximum atomic E-state index is 10.4. The van der Waals surface area contributed by atoms with Crippen molar-refractivity contribution >= 4 is 11.6 Å². The van der Waals surface area contributed by atoms with Gasteiger partial charge in [0.2, 0.25) is 5.88 Å². The third-order valence-electron chi connectivity index (χ3n) is 3.53. The lowest BCUT2D eigenvalue weighted by molar-refractivity contribution is 0.171. The molecule has 0 saturated carbocycles. The molecule has 1 unspecified atom stereocenters. The van der Waals surface area contributed by atoms with Crippen LogP contribution in [-0.4, -0.2) is 23.8 Å². The molecule has 21 heavy (non-hydrogen) atoms. The highest BCUT2D eigenvalue weighted by molar-refractivity contribution is 6.30. The number of benzene rings is 1. The van der Waals surface area contributed by atoms with Crippen molar-refractivity contribution in [2.24, 2.45) is 0 Å². The van der Waals surface area contributed by atoms with Crippen molar-refractivity contribution in [3.63, 3.8) is 0 Å². The van der Waals surface area contributed by atoms with E-state index in [-0.39, 0.29) is 0 Å². The summed E-state index contributed by atoms with van der Waals surface area (Å²) >= 11 is 6.13. The zero-order valence-electron chi connectivity index (χ0n) is 11.7. The molecule has 4 nitrogen and oxygen atoms in total. The Balaban J connectivity index is 1.86. The van der Waals surface area contributed by atoms with Gasteiger partial charge >= 0.3 is 0 Å². The number of methoxy groups -OCH3 is 1. The minimum Gasteiger partial charge on any atom is -0.493 e. The normalized spacial score (nSPS) is 14.4. The summed E-state index contributed by atoms with van der Waals surface area (Å²) in [5, 5.41) is 11.1. The van der Waals surface area contributed by atoms with Gasteiger partial charge in [0.05, 0.1) is 19.4 Å². The molecule has 0 amide bonds. The smallest absolute Gasteiger partial charge is 0.213 e. The monoisotopic (exact) mass is 305 g/mol. The van der Waals surface area contributed by atoms with Crippen LogP contribution in [0.5, 0.6) is 11.6 Å². The Morgan fingerprint density at radius 1 is 1.43 bits per heavy atom. The van der Waals surface area contributed by atoms with E-state index in [1.807, 2.05) is 18.2 Å². The molecule has 0 fully saturated rings. The van der Waals surface area contributed by atoms with Crippen LogP contribution in [0.4, 0.5) is 0 Å². The molecule has 0 aliphatic carbocycles. The fraction of sp³-hybridized carbons (Fsp3) is 0.312. The first kappa shape index (κ1) is 14.2. The summed E-state index contributed by atoms with van der Waals surface area (Å²) < 4.78 is 10.7. The van der Waals surface area contributed by atoms with Gasteiger partial charge < -0.3 is 14.6 Å². The summed E-state index contributed by atoms with van der Waals surface area (Å²) in [4.78, 5) is 4.26. The van der Waals surface area contributed by atoms with Crippen molar-refractivity contribution in [2.75, 3.05) is 13.7 Å². The van der Waals surface area contributed by atoms with E-state index < -0.39 is 6.10 Å². The highest BCUT2D eigenvalue weighted by atomic mass is 35.5. The maximum Gasteiger partial charge on any atom is 0.213 e. The minimum absolute atomic E-state index is 0.406. The van der Waals surface area contributed by atoms with Crippen LogP contribution in [0.25, 0.3) is 0 Å². The first-order chi connectivity index (χ1) is 10.2.